The highest BCUT2D eigenvalue weighted by Crippen LogP contribution is 2.28. The van der Waals surface area contributed by atoms with Gasteiger partial charge in [-0.2, -0.15) is 13.2 Å². The number of carbonyl (C=O) groups is 1. The normalized spacial score (nSPS) is 11.4. The molecule has 88 valence electrons. The van der Waals surface area contributed by atoms with Gasteiger partial charge >= 0.3 is 11.4 Å². The van der Waals surface area contributed by atoms with E-state index in [-0.39, 0.29) is 0 Å². The fraction of sp³-hybridized carbons (Fsp3) is 0.125. The van der Waals surface area contributed by atoms with Gasteiger partial charge in [0.2, 0.25) is 5.82 Å². The number of halogens is 6. The molecule has 0 radical (unpaired) electrons. The van der Waals surface area contributed by atoms with Gasteiger partial charge < -0.3 is 4.74 Å². The lowest BCUT2D eigenvalue weighted by molar-refractivity contribution is -0.182. The van der Waals surface area contributed by atoms with E-state index in [2.05, 4.69) is 16.3 Å². The Balaban J connectivity index is 3.08. The van der Waals surface area contributed by atoms with Crippen molar-refractivity contribution in [1.29, 1.82) is 0 Å². The summed E-state index contributed by atoms with van der Waals surface area (Å²) in [5.74, 6) is -6.86. The molecule has 8 heteroatoms. The van der Waals surface area contributed by atoms with Gasteiger partial charge in [0.25, 0.3) is 0 Å². The van der Waals surface area contributed by atoms with Gasteiger partial charge in [-0.3, -0.25) is 4.79 Å². The highest BCUT2D eigenvalue weighted by Gasteiger charge is 2.41. The summed E-state index contributed by atoms with van der Waals surface area (Å²) in [4.78, 5) is 10.1. The summed E-state index contributed by atoms with van der Waals surface area (Å²) in [6.07, 6.45) is -4.52. The average Bonchev–Trinajstić information content (AvgIpc) is 2.19. The fourth-order valence-corrected chi connectivity index (χ4v) is 0.804. The van der Waals surface area contributed by atoms with E-state index in [1.807, 2.05) is 0 Å². The Morgan fingerprint density at radius 3 is 2.25 bits per heavy atom. The molecular weight excluding hydrogens is 259 g/mol. The van der Waals surface area contributed by atoms with Crippen molar-refractivity contribution < 1.29 is 31.5 Å². The molecule has 16 heavy (non-hydrogen) atoms. The number of ether oxygens (including phenoxy) is 1. The van der Waals surface area contributed by atoms with E-state index in [9.17, 15) is 26.7 Å². The second-order valence-corrected chi connectivity index (χ2v) is 2.91. The van der Waals surface area contributed by atoms with Gasteiger partial charge in [0.15, 0.2) is 17.4 Å². The Bertz CT molecular complexity index is 435. The van der Waals surface area contributed by atoms with Crippen molar-refractivity contribution in [3.05, 3.63) is 29.6 Å². The Morgan fingerprint density at radius 1 is 1.19 bits per heavy atom. The van der Waals surface area contributed by atoms with Crippen LogP contribution in [0.3, 0.4) is 0 Å². The third kappa shape index (κ3) is 2.41. The quantitative estimate of drug-likeness (QED) is 0.474. The monoisotopic (exact) mass is 260 g/mol. The van der Waals surface area contributed by atoms with Crippen molar-refractivity contribution in [1.82, 2.24) is 0 Å². The van der Waals surface area contributed by atoms with Crippen LogP contribution in [0.4, 0.5) is 22.0 Å². The Morgan fingerprint density at radius 2 is 1.75 bits per heavy atom. The Hall–Kier alpha value is -1.37. The summed E-state index contributed by atoms with van der Waals surface area (Å²) in [5.41, 5.74) is 0. The van der Waals surface area contributed by atoms with Crippen molar-refractivity contribution in [2.75, 3.05) is 0 Å². The van der Waals surface area contributed by atoms with E-state index in [1.165, 1.54) is 0 Å². The van der Waals surface area contributed by atoms with Gasteiger partial charge in [-0.05, 0) is 23.7 Å². The largest absolute Gasteiger partial charge is 0.477 e. The molecule has 0 saturated carbocycles. The maximum absolute atomic E-state index is 12.8. The van der Waals surface area contributed by atoms with Crippen LogP contribution in [0.1, 0.15) is 0 Å². The molecule has 0 fully saturated rings. The van der Waals surface area contributed by atoms with Gasteiger partial charge in [-0.15, -0.1) is 0 Å². The number of alkyl halides is 2. The SMILES string of the molecule is O=C(Cl)C(F)(F)Oc1ccc(F)c(F)c1F. The standard InChI is InChI=1S/C8H2ClF5O2/c9-7(15)8(13,14)16-4-2-1-3(10)5(11)6(4)12/h1-2H. The first-order valence-electron chi connectivity index (χ1n) is 3.66. The zero-order chi connectivity index (χ0) is 12.5. The number of rotatable bonds is 3. The van der Waals surface area contributed by atoms with Crippen LogP contribution >= 0.6 is 11.6 Å². The first kappa shape index (κ1) is 12.7. The summed E-state index contributed by atoms with van der Waals surface area (Å²) in [6, 6.07) is 0.768. The molecule has 0 aromatic heterocycles. The van der Waals surface area contributed by atoms with Crippen LogP contribution in [0.15, 0.2) is 12.1 Å². The predicted octanol–water partition coefficient (Wildman–Crippen LogP) is 2.84. The Kier molecular flexibility index (Phi) is 3.37. The van der Waals surface area contributed by atoms with Crippen molar-refractivity contribution in [3.8, 4) is 5.75 Å². The smallest absolute Gasteiger partial charge is 0.422 e. The summed E-state index contributed by atoms with van der Waals surface area (Å²) >= 11 is 4.44. The van der Waals surface area contributed by atoms with E-state index in [4.69, 9.17) is 0 Å². The minimum absolute atomic E-state index is 0.364. The van der Waals surface area contributed by atoms with Crippen LogP contribution in [0.5, 0.6) is 5.75 Å². The molecule has 0 amide bonds. The van der Waals surface area contributed by atoms with E-state index < -0.39 is 34.6 Å². The molecule has 0 aliphatic heterocycles. The van der Waals surface area contributed by atoms with Crippen molar-refractivity contribution in [3.63, 3.8) is 0 Å². The predicted molar refractivity (Wildman–Crippen MR) is 42.8 cm³/mol. The van der Waals surface area contributed by atoms with Crippen molar-refractivity contribution >= 4 is 16.8 Å². The summed E-state index contributed by atoms with van der Waals surface area (Å²) in [7, 11) is 0. The van der Waals surface area contributed by atoms with E-state index in [1.54, 1.807) is 0 Å². The molecule has 1 rings (SSSR count). The van der Waals surface area contributed by atoms with E-state index in [0.29, 0.717) is 12.1 Å². The summed E-state index contributed by atoms with van der Waals surface area (Å²) < 4.78 is 66.5. The maximum Gasteiger partial charge on any atom is 0.477 e. The van der Waals surface area contributed by atoms with Crippen LogP contribution in [0.2, 0.25) is 0 Å². The molecule has 0 aliphatic rings. The number of carbonyl (C=O) groups excluding carboxylic acids is 1. The lowest BCUT2D eigenvalue weighted by Gasteiger charge is -2.14. The molecule has 0 N–H and O–H groups in total. The minimum Gasteiger partial charge on any atom is -0.422 e. The zero-order valence-electron chi connectivity index (χ0n) is 7.24. The van der Waals surface area contributed by atoms with Crippen LogP contribution in [-0.2, 0) is 4.79 Å². The average molecular weight is 261 g/mol. The second kappa shape index (κ2) is 4.25. The van der Waals surface area contributed by atoms with Gasteiger partial charge in [-0.25, -0.2) is 8.78 Å². The third-order valence-corrected chi connectivity index (χ3v) is 1.69. The molecule has 0 saturated heterocycles. The van der Waals surface area contributed by atoms with Gasteiger partial charge in [0, 0.05) is 0 Å². The number of benzene rings is 1. The topological polar surface area (TPSA) is 26.3 Å². The van der Waals surface area contributed by atoms with Crippen molar-refractivity contribution in [2.24, 2.45) is 0 Å². The second-order valence-electron chi connectivity index (χ2n) is 2.57. The lowest BCUT2D eigenvalue weighted by Crippen LogP contribution is -2.32. The fourth-order valence-electron chi connectivity index (χ4n) is 0.765. The molecule has 0 heterocycles. The van der Waals surface area contributed by atoms with Gasteiger partial charge in [0.1, 0.15) is 0 Å². The number of hydrogen-bond donors (Lipinski definition) is 0. The first-order chi connectivity index (χ1) is 7.25. The maximum atomic E-state index is 12.8. The zero-order valence-corrected chi connectivity index (χ0v) is 7.99. The lowest BCUT2D eigenvalue weighted by atomic mass is 10.3. The molecule has 1 aromatic carbocycles. The molecule has 2 nitrogen and oxygen atoms in total. The Labute approximate surface area is 90.6 Å². The van der Waals surface area contributed by atoms with E-state index in [0.717, 1.165) is 0 Å². The van der Waals surface area contributed by atoms with Crippen LogP contribution < -0.4 is 4.74 Å². The first-order valence-corrected chi connectivity index (χ1v) is 4.03. The summed E-state index contributed by atoms with van der Waals surface area (Å²) in [5, 5.41) is -2.21. The van der Waals surface area contributed by atoms with Gasteiger partial charge in [-0.1, -0.05) is 0 Å². The minimum atomic E-state index is -4.52. The number of hydrogen-bond acceptors (Lipinski definition) is 2. The molecule has 1 aromatic rings. The highest BCUT2D eigenvalue weighted by atomic mass is 35.5. The molecule has 0 atom stereocenters. The molecular formula is C8H2ClF5O2. The van der Waals surface area contributed by atoms with Crippen LogP contribution in [-0.4, -0.2) is 11.4 Å². The van der Waals surface area contributed by atoms with Gasteiger partial charge in [0.05, 0.1) is 0 Å². The summed E-state index contributed by atoms with van der Waals surface area (Å²) in [6.45, 7) is 0. The molecule has 0 bridgehead atoms. The van der Waals surface area contributed by atoms with Crippen LogP contribution in [0.25, 0.3) is 0 Å². The highest BCUT2D eigenvalue weighted by molar-refractivity contribution is 6.65. The van der Waals surface area contributed by atoms with Crippen molar-refractivity contribution in [2.45, 2.75) is 6.11 Å². The molecule has 0 unspecified atom stereocenters. The van der Waals surface area contributed by atoms with Crippen LogP contribution in [0, 0.1) is 17.5 Å². The third-order valence-electron chi connectivity index (χ3n) is 1.47. The molecule has 0 aliphatic carbocycles. The van der Waals surface area contributed by atoms with E-state index >= 15 is 0 Å². The molecule has 0 spiro atoms.